The average Bonchev–Trinajstić information content (AvgIpc) is 1.63. The molecule has 0 fully saturated rings. The highest BCUT2D eigenvalue weighted by Crippen LogP contribution is 2.20. The van der Waals surface area contributed by atoms with Crippen LogP contribution in [0.3, 0.4) is 0 Å². The van der Waals surface area contributed by atoms with E-state index in [-0.39, 0.29) is 0 Å². The van der Waals surface area contributed by atoms with Crippen molar-refractivity contribution in [2.45, 2.75) is 20.8 Å². The molecule has 0 N–H and O–H groups in total. The van der Waals surface area contributed by atoms with E-state index < -0.39 is 0 Å². The first-order valence-corrected chi connectivity index (χ1v) is 4.65. The van der Waals surface area contributed by atoms with Gasteiger partial charge in [-0.1, -0.05) is 26.8 Å². The molecule has 0 aliphatic rings. The highest BCUT2D eigenvalue weighted by molar-refractivity contribution is 9.28. The summed E-state index contributed by atoms with van der Waals surface area (Å²) in [6.45, 7) is 6.63. The minimum atomic E-state index is 0.638. The highest BCUT2D eigenvalue weighted by Gasteiger charge is 2.02. The fourth-order valence-corrected chi connectivity index (χ4v) is 1.23. The number of hydrogen-bond acceptors (Lipinski definition) is 0. The molecule has 0 heterocycles. The van der Waals surface area contributed by atoms with Crippen molar-refractivity contribution < 1.29 is 0 Å². The van der Waals surface area contributed by atoms with Crippen LogP contribution in [-0.4, -0.2) is 0 Å². The van der Waals surface area contributed by atoms with Crippen molar-refractivity contribution in [1.82, 2.24) is 0 Å². The molecular formula is C7H12Br2. The van der Waals surface area contributed by atoms with Gasteiger partial charge in [-0.3, -0.25) is 0 Å². The maximum Gasteiger partial charge on any atom is 0.0567 e. The Balaban J connectivity index is 3.76. The zero-order chi connectivity index (χ0) is 7.44. The van der Waals surface area contributed by atoms with Crippen LogP contribution in [0.15, 0.2) is 9.47 Å². The summed E-state index contributed by atoms with van der Waals surface area (Å²) in [6, 6.07) is 0. The summed E-state index contributed by atoms with van der Waals surface area (Å²) in [7, 11) is 0. The smallest absolute Gasteiger partial charge is 0.0567 e. The van der Waals surface area contributed by atoms with Crippen molar-refractivity contribution in [3.8, 4) is 0 Å². The minimum Gasteiger partial charge on any atom is -0.0622 e. The van der Waals surface area contributed by atoms with Crippen LogP contribution in [0.4, 0.5) is 0 Å². The molecule has 0 unspecified atom stereocenters. The Kier molecular flexibility index (Phi) is 4.86. The van der Waals surface area contributed by atoms with Gasteiger partial charge in [-0.2, -0.15) is 0 Å². The molecule has 0 saturated carbocycles. The van der Waals surface area contributed by atoms with Gasteiger partial charge in [0.25, 0.3) is 0 Å². The molecule has 0 radical (unpaired) electrons. The first-order chi connectivity index (χ1) is 4.04. The SMILES string of the molecule is CC(C)[C@H](C)C=C(Br)Br. The molecule has 0 aromatic rings. The van der Waals surface area contributed by atoms with Crippen LogP contribution in [0.1, 0.15) is 20.8 Å². The molecule has 0 amide bonds. The fourth-order valence-electron chi connectivity index (χ4n) is 0.391. The van der Waals surface area contributed by atoms with E-state index in [1.54, 1.807) is 0 Å². The quantitative estimate of drug-likeness (QED) is 0.702. The Morgan fingerprint density at radius 3 is 1.78 bits per heavy atom. The van der Waals surface area contributed by atoms with Crippen molar-refractivity contribution in [3.05, 3.63) is 9.47 Å². The Morgan fingerprint density at radius 1 is 1.22 bits per heavy atom. The van der Waals surface area contributed by atoms with Crippen LogP contribution in [0.5, 0.6) is 0 Å². The summed E-state index contributed by atoms with van der Waals surface area (Å²) in [4.78, 5) is 0. The summed E-state index contributed by atoms with van der Waals surface area (Å²) >= 11 is 6.64. The van der Waals surface area contributed by atoms with E-state index in [0.717, 1.165) is 9.31 Å². The molecule has 0 rings (SSSR count). The van der Waals surface area contributed by atoms with Crippen LogP contribution >= 0.6 is 31.9 Å². The molecule has 0 bridgehead atoms. The molecule has 0 aliphatic carbocycles. The molecule has 0 spiro atoms. The first kappa shape index (κ1) is 9.70. The van der Waals surface area contributed by atoms with E-state index >= 15 is 0 Å². The van der Waals surface area contributed by atoms with Crippen LogP contribution in [0.2, 0.25) is 0 Å². The van der Waals surface area contributed by atoms with E-state index in [1.165, 1.54) is 0 Å². The van der Waals surface area contributed by atoms with Gasteiger partial charge in [0.2, 0.25) is 0 Å². The monoisotopic (exact) mass is 254 g/mol. The van der Waals surface area contributed by atoms with Crippen LogP contribution in [0.25, 0.3) is 0 Å². The van der Waals surface area contributed by atoms with Crippen molar-refractivity contribution in [2.24, 2.45) is 11.8 Å². The first-order valence-electron chi connectivity index (χ1n) is 3.07. The molecule has 0 aromatic carbocycles. The Labute approximate surface area is 74.0 Å². The van der Waals surface area contributed by atoms with Crippen LogP contribution in [-0.2, 0) is 0 Å². The van der Waals surface area contributed by atoms with E-state index in [0.29, 0.717) is 5.92 Å². The van der Waals surface area contributed by atoms with Gasteiger partial charge in [0.05, 0.1) is 3.39 Å². The van der Waals surface area contributed by atoms with Gasteiger partial charge < -0.3 is 0 Å². The van der Waals surface area contributed by atoms with Crippen molar-refractivity contribution in [3.63, 3.8) is 0 Å². The lowest BCUT2D eigenvalue weighted by atomic mass is 9.99. The standard InChI is InChI=1S/C7H12Br2/c1-5(2)6(3)4-7(8)9/h4-6H,1-3H3/t6-/m1/s1. The number of allylic oxidation sites excluding steroid dienone is 1. The minimum absolute atomic E-state index is 0.638. The predicted molar refractivity (Wildman–Crippen MR) is 49.9 cm³/mol. The summed E-state index contributed by atoms with van der Waals surface area (Å²) in [5.41, 5.74) is 0. The second-order valence-electron chi connectivity index (χ2n) is 2.56. The van der Waals surface area contributed by atoms with E-state index in [4.69, 9.17) is 0 Å². The average molecular weight is 256 g/mol. The van der Waals surface area contributed by atoms with Crippen molar-refractivity contribution in [2.75, 3.05) is 0 Å². The molecule has 0 aliphatic heterocycles. The summed E-state index contributed by atoms with van der Waals surface area (Å²) in [6.07, 6.45) is 2.16. The van der Waals surface area contributed by atoms with Gasteiger partial charge in [0.1, 0.15) is 0 Å². The summed E-state index contributed by atoms with van der Waals surface area (Å²) in [5.74, 6) is 1.36. The van der Waals surface area contributed by atoms with Gasteiger partial charge in [-0.25, -0.2) is 0 Å². The molecule has 9 heavy (non-hydrogen) atoms. The second kappa shape index (κ2) is 4.51. The fraction of sp³-hybridized carbons (Fsp3) is 0.714. The molecule has 2 heteroatoms. The Hall–Kier alpha value is 0.700. The maximum absolute atomic E-state index is 3.32. The van der Waals surface area contributed by atoms with E-state index in [2.05, 4.69) is 58.7 Å². The third-order valence-corrected chi connectivity index (χ3v) is 1.97. The third-order valence-electron chi connectivity index (χ3n) is 1.44. The molecular weight excluding hydrogens is 244 g/mol. The van der Waals surface area contributed by atoms with Crippen LogP contribution < -0.4 is 0 Å². The van der Waals surface area contributed by atoms with Gasteiger partial charge in [-0.15, -0.1) is 0 Å². The zero-order valence-corrected chi connectivity index (χ0v) is 9.16. The Morgan fingerprint density at radius 2 is 1.67 bits per heavy atom. The number of halogens is 2. The molecule has 0 aromatic heterocycles. The van der Waals surface area contributed by atoms with Crippen LogP contribution in [0, 0.1) is 11.8 Å². The predicted octanol–water partition coefficient (Wildman–Crippen LogP) is 3.91. The lowest BCUT2D eigenvalue weighted by molar-refractivity contribution is 0.504. The zero-order valence-electron chi connectivity index (χ0n) is 5.99. The van der Waals surface area contributed by atoms with E-state index in [9.17, 15) is 0 Å². The summed E-state index contributed by atoms with van der Waals surface area (Å²) < 4.78 is 1.05. The topological polar surface area (TPSA) is 0 Å². The van der Waals surface area contributed by atoms with Crippen molar-refractivity contribution >= 4 is 31.9 Å². The van der Waals surface area contributed by atoms with Crippen molar-refractivity contribution in [1.29, 1.82) is 0 Å². The Bertz CT molecular complexity index is 101. The van der Waals surface area contributed by atoms with Gasteiger partial charge in [0.15, 0.2) is 0 Å². The summed E-state index contributed by atoms with van der Waals surface area (Å²) in [5, 5.41) is 0. The maximum atomic E-state index is 3.32. The number of hydrogen-bond donors (Lipinski definition) is 0. The lowest BCUT2D eigenvalue weighted by Crippen LogP contribution is -1.98. The molecule has 54 valence electrons. The van der Waals surface area contributed by atoms with Gasteiger partial charge in [0, 0.05) is 0 Å². The highest BCUT2D eigenvalue weighted by atomic mass is 79.9. The van der Waals surface area contributed by atoms with Gasteiger partial charge in [-0.05, 0) is 43.7 Å². The second-order valence-corrected chi connectivity index (χ2v) is 5.33. The van der Waals surface area contributed by atoms with Gasteiger partial charge >= 0.3 is 0 Å². The van der Waals surface area contributed by atoms with E-state index in [1.807, 2.05) is 0 Å². The molecule has 0 nitrogen and oxygen atoms in total. The molecule has 1 atom stereocenters. The normalized spacial score (nSPS) is 13.6. The number of rotatable bonds is 2. The molecule has 0 saturated heterocycles. The lowest BCUT2D eigenvalue weighted by Gasteiger charge is -2.09. The largest absolute Gasteiger partial charge is 0.0622 e. The third kappa shape index (κ3) is 5.16.